The quantitative estimate of drug-likeness (QED) is 0.847. The van der Waals surface area contributed by atoms with Crippen LogP contribution in [0.15, 0.2) is 48.5 Å². The van der Waals surface area contributed by atoms with Crippen LogP contribution in [0.5, 0.6) is 0 Å². The summed E-state index contributed by atoms with van der Waals surface area (Å²) in [4.78, 5) is 0. The maximum atomic E-state index is 13.3. The van der Waals surface area contributed by atoms with Crippen molar-refractivity contribution in [3.8, 4) is 0 Å². The standard InChI is InChI=1S/C15H16FN/c1-12-5-4-6-13(9-12)10-17-11-14-7-2-3-8-15(14)16/h2-9,17H,10-11H2,1H3. The maximum Gasteiger partial charge on any atom is 0.127 e. The number of hydrogen-bond acceptors (Lipinski definition) is 1. The minimum absolute atomic E-state index is 0.149. The fraction of sp³-hybridized carbons (Fsp3) is 0.200. The van der Waals surface area contributed by atoms with Gasteiger partial charge in [0.2, 0.25) is 0 Å². The van der Waals surface area contributed by atoms with Crippen LogP contribution in [0, 0.1) is 12.7 Å². The molecule has 0 amide bonds. The summed E-state index contributed by atoms with van der Waals surface area (Å²) in [7, 11) is 0. The van der Waals surface area contributed by atoms with E-state index in [4.69, 9.17) is 0 Å². The molecule has 0 spiro atoms. The van der Waals surface area contributed by atoms with Crippen LogP contribution in [-0.2, 0) is 13.1 Å². The highest BCUT2D eigenvalue weighted by Crippen LogP contribution is 2.07. The average Bonchev–Trinajstić information content (AvgIpc) is 2.32. The molecule has 0 radical (unpaired) electrons. The van der Waals surface area contributed by atoms with Crippen LogP contribution < -0.4 is 5.32 Å². The smallest absolute Gasteiger partial charge is 0.127 e. The molecule has 0 saturated heterocycles. The normalized spacial score (nSPS) is 10.5. The first-order chi connectivity index (χ1) is 8.25. The predicted octanol–water partition coefficient (Wildman–Crippen LogP) is 3.42. The van der Waals surface area contributed by atoms with Crippen molar-refractivity contribution in [2.75, 3.05) is 0 Å². The number of benzene rings is 2. The molecule has 2 aromatic carbocycles. The van der Waals surface area contributed by atoms with E-state index >= 15 is 0 Å². The molecule has 2 rings (SSSR count). The molecule has 2 heteroatoms. The topological polar surface area (TPSA) is 12.0 Å². The summed E-state index contributed by atoms with van der Waals surface area (Å²) in [5.74, 6) is -0.149. The zero-order valence-corrected chi connectivity index (χ0v) is 9.91. The first kappa shape index (κ1) is 11.8. The van der Waals surface area contributed by atoms with E-state index in [0.717, 1.165) is 6.54 Å². The van der Waals surface area contributed by atoms with Crippen LogP contribution in [-0.4, -0.2) is 0 Å². The second-order valence-electron chi connectivity index (χ2n) is 4.18. The molecule has 2 aromatic rings. The summed E-state index contributed by atoms with van der Waals surface area (Å²) >= 11 is 0. The van der Waals surface area contributed by atoms with E-state index in [1.807, 2.05) is 12.1 Å². The molecule has 0 aliphatic carbocycles. The van der Waals surface area contributed by atoms with Crippen LogP contribution in [0.1, 0.15) is 16.7 Å². The highest BCUT2D eigenvalue weighted by molar-refractivity contribution is 5.22. The van der Waals surface area contributed by atoms with Crippen LogP contribution in [0.3, 0.4) is 0 Å². The maximum absolute atomic E-state index is 13.3. The minimum Gasteiger partial charge on any atom is -0.309 e. The number of rotatable bonds is 4. The van der Waals surface area contributed by atoms with Crippen molar-refractivity contribution in [3.05, 3.63) is 71.0 Å². The molecule has 88 valence electrons. The zero-order valence-electron chi connectivity index (χ0n) is 9.91. The summed E-state index contributed by atoms with van der Waals surface area (Å²) in [6.07, 6.45) is 0. The fourth-order valence-corrected chi connectivity index (χ4v) is 1.81. The van der Waals surface area contributed by atoms with E-state index in [-0.39, 0.29) is 5.82 Å². The molecule has 0 aromatic heterocycles. The Morgan fingerprint density at radius 1 is 1.00 bits per heavy atom. The molecule has 17 heavy (non-hydrogen) atoms. The Bertz CT molecular complexity index is 494. The SMILES string of the molecule is Cc1cccc(CNCc2ccccc2F)c1. The molecule has 0 aliphatic heterocycles. The Labute approximate surface area is 101 Å². The minimum atomic E-state index is -0.149. The first-order valence-corrected chi connectivity index (χ1v) is 5.75. The van der Waals surface area contributed by atoms with Crippen molar-refractivity contribution in [1.29, 1.82) is 0 Å². The van der Waals surface area contributed by atoms with Gasteiger partial charge in [-0.2, -0.15) is 0 Å². The third-order valence-corrected chi connectivity index (χ3v) is 2.68. The number of hydrogen-bond donors (Lipinski definition) is 1. The van der Waals surface area contributed by atoms with Gasteiger partial charge >= 0.3 is 0 Å². The van der Waals surface area contributed by atoms with Gasteiger partial charge in [-0.25, -0.2) is 4.39 Å². The largest absolute Gasteiger partial charge is 0.309 e. The van der Waals surface area contributed by atoms with Crippen LogP contribution in [0.2, 0.25) is 0 Å². The van der Waals surface area contributed by atoms with Gasteiger partial charge in [-0.1, -0.05) is 48.0 Å². The molecule has 0 aliphatic rings. The number of halogens is 1. The zero-order chi connectivity index (χ0) is 12.1. The lowest BCUT2D eigenvalue weighted by molar-refractivity contribution is 0.588. The molecule has 0 atom stereocenters. The van der Waals surface area contributed by atoms with E-state index in [9.17, 15) is 4.39 Å². The van der Waals surface area contributed by atoms with Crippen molar-refractivity contribution in [2.45, 2.75) is 20.0 Å². The summed E-state index contributed by atoms with van der Waals surface area (Å²) in [6, 6.07) is 15.2. The van der Waals surface area contributed by atoms with Gasteiger partial charge in [0.25, 0.3) is 0 Å². The van der Waals surface area contributed by atoms with Crippen molar-refractivity contribution in [3.63, 3.8) is 0 Å². The monoisotopic (exact) mass is 229 g/mol. The van der Waals surface area contributed by atoms with Gasteiger partial charge in [0.05, 0.1) is 0 Å². The van der Waals surface area contributed by atoms with Crippen molar-refractivity contribution in [1.82, 2.24) is 5.32 Å². The van der Waals surface area contributed by atoms with E-state index in [0.29, 0.717) is 12.1 Å². The van der Waals surface area contributed by atoms with Crippen molar-refractivity contribution < 1.29 is 4.39 Å². The van der Waals surface area contributed by atoms with Gasteiger partial charge in [0.1, 0.15) is 5.82 Å². The number of aryl methyl sites for hydroxylation is 1. The Morgan fingerprint density at radius 2 is 1.82 bits per heavy atom. The molecule has 1 nitrogen and oxygen atoms in total. The van der Waals surface area contributed by atoms with E-state index in [1.54, 1.807) is 12.1 Å². The van der Waals surface area contributed by atoms with E-state index < -0.39 is 0 Å². The third-order valence-electron chi connectivity index (χ3n) is 2.68. The molecule has 1 N–H and O–H groups in total. The Hall–Kier alpha value is -1.67. The second-order valence-corrected chi connectivity index (χ2v) is 4.18. The van der Waals surface area contributed by atoms with Gasteiger partial charge in [-0.3, -0.25) is 0 Å². The molecule has 0 bridgehead atoms. The molecular weight excluding hydrogens is 213 g/mol. The lowest BCUT2D eigenvalue weighted by atomic mass is 10.1. The first-order valence-electron chi connectivity index (χ1n) is 5.75. The van der Waals surface area contributed by atoms with Gasteiger partial charge in [-0.05, 0) is 18.6 Å². The van der Waals surface area contributed by atoms with Crippen LogP contribution >= 0.6 is 0 Å². The molecule has 0 heterocycles. The van der Waals surface area contributed by atoms with Gasteiger partial charge in [0.15, 0.2) is 0 Å². The summed E-state index contributed by atoms with van der Waals surface area (Å²) in [6.45, 7) is 3.39. The van der Waals surface area contributed by atoms with Crippen LogP contribution in [0.25, 0.3) is 0 Å². The molecule has 0 fully saturated rings. The van der Waals surface area contributed by atoms with Gasteiger partial charge in [0, 0.05) is 18.7 Å². The Balaban J connectivity index is 1.90. The fourth-order valence-electron chi connectivity index (χ4n) is 1.81. The second kappa shape index (κ2) is 5.60. The average molecular weight is 229 g/mol. The summed E-state index contributed by atoms with van der Waals surface area (Å²) in [5, 5.41) is 3.25. The summed E-state index contributed by atoms with van der Waals surface area (Å²) in [5.41, 5.74) is 3.18. The van der Waals surface area contributed by atoms with Gasteiger partial charge in [-0.15, -0.1) is 0 Å². The molecule has 0 saturated carbocycles. The lowest BCUT2D eigenvalue weighted by Gasteiger charge is -2.06. The highest BCUT2D eigenvalue weighted by Gasteiger charge is 1.99. The summed E-state index contributed by atoms with van der Waals surface area (Å²) < 4.78 is 13.3. The van der Waals surface area contributed by atoms with Gasteiger partial charge < -0.3 is 5.32 Å². The van der Waals surface area contributed by atoms with Crippen molar-refractivity contribution in [2.24, 2.45) is 0 Å². The predicted molar refractivity (Wildman–Crippen MR) is 68.1 cm³/mol. The Morgan fingerprint density at radius 3 is 2.59 bits per heavy atom. The highest BCUT2D eigenvalue weighted by atomic mass is 19.1. The number of nitrogens with one attached hydrogen (secondary N) is 1. The molecular formula is C15H16FN. The Kier molecular flexibility index (Phi) is 3.89. The molecule has 0 unspecified atom stereocenters. The van der Waals surface area contributed by atoms with Crippen molar-refractivity contribution >= 4 is 0 Å². The van der Waals surface area contributed by atoms with E-state index in [2.05, 4.69) is 30.4 Å². The third kappa shape index (κ3) is 3.40. The van der Waals surface area contributed by atoms with E-state index in [1.165, 1.54) is 17.2 Å². The lowest BCUT2D eigenvalue weighted by Crippen LogP contribution is -2.13. The van der Waals surface area contributed by atoms with Crippen LogP contribution in [0.4, 0.5) is 4.39 Å².